The van der Waals surface area contributed by atoms with E-state index in [0.717, 1.165) is 17.9 Å². The van der Waals surface area contributed by atoms with E-state index in [1.807, 2.05) is 0 Å². The van der Waals surface area contributed by atoms with Gasteiger partial charge in [-0.15, -0.1) is 0 Å². The standard InChI is InChI=1S/C13H25N/c1-10(2)13-7-5-6-12(8-13)9-14(13)11(3)4/h10-12H,5-9H2,1-4H3/t12-,13-/m0/s1. The molecule has 0 radical (unpaired) electrons. The molecule has 1 saturated heterocycles. The second kappa shape index (κ2) is 3.52. The second-order valence-corrected chi connectivity index (χ2v) is 5.97. The highest BCUT2D eigenvalue weighted by molar-refractivity contribution is 5.04. The highest BCUT2D eigenvalue weighted by atomic mass is 15.3. The summed E-state index contributed by atoms with van der Waals surface area (Å²) in [7, 11) is 0. The lowest BCUT2D eigenvalue weighted by Crippen LogP contribution is -2.51. The topological polar surface area (TPSA) is 3.24 Å². The van der Waals surface area contributed by atoms with Gasteiger partial charge in [-0.3, -0.25) is 4.90 Å². The third-order valence-electron chi connectivity index (χ3n) is 4.59. The molecule has 0 aromatic heterocycles. The van der Waals surface area contributed by atoms with Gasteiger partial charge in [-0.1, -0.05) is 20.3 Å². The van der Waals surface area contributed by atoms with E-state index >= 15 is 0 Å². The molecule has 2 rings (SSSR count). The molecular formula is C13H25N. The molecule has 1 nitrogen and oxygen atoms in total. The number of nitrogens with zero attached hydrogens (tertiary/aromatic N) is 1. The molecule has 14 heavy (non-hydrogen) atoms. The fourth-order valence-electron chi connectivity index (χ4n) is 3.86. The molecule has 82 valence electrons. The molecule has 0 aromatic rings. The van der Waals surface area contributed by atoms with Crippen LogP contribution in [-0.4, -0.2) is 23.0 Å². The number of likely N-dealkylation sites (tertiary alicyclic amines) is 1. The van der Waals surface area contributed by atoms with Crippen LogP contribution in [0.3, 0.4) is 0 Å². The van der Waals surface area contributed by atoms with Gasteiger partial charge in [-0.25, -0.2) is 0 Å². The van der Waals surface area contributed by atoms with Crippen LogP contribution in [0, 0.1) is 11.8 Å². The first-order valence-electron chi connectivity index (χ1n) is 6.33. The summed E-state index contributed by atoms with van der Waals surface area (Å²) in [6, 6.07) is 0.737. The summed E-state index contributed by atoms with van der Waals surface area (Å²) in [6.45, 7) is 10.9. The molecule has 2 atom stereocenters. The van der Waals surface area contributed by atoms with E-state index in [9.17, 15) is 0 Å². The lowest BCUT2D eigenvalue weighted by Gasteiger charge is -2.45. The summed E-state index contributed by atoms with van der Waals surface area (Å²) < 4.78 is 0. The van der Waals surface area contributed by atoms with Gasteiger partial charge in [0.1, 0.15) is 0 Å². The summed E-state index contributed by atoms with van der Waals surface area (Å²) in [5.41, 5.74) is 0.567. The Hall–Kier alpha value is -0.0400. The van der Waals surface area contributed by atoms with Crippen molar-refractivity contribution >= 4 is 0 Å². The van der Waals surface area contributed by atoms with Gasteiger partial charge in [0.2, 0.25) is 0 Å². The maximum atomic E-state index is 2.80. The van der Waals surface area contributed by atoms with Crippen molar-refractivity contribution in [2.24, 2.45) is 11.8 Å². The Labute approximate surface area is 88.9 Å². The molecule has 1 saturated carbocycles. The third kappa shape index (κ3) is 1.41. The summed E-state index contributed by atoms with van der Waals surface area (Å²) in [6.07, 6.45) is 5.87. The zero-order valence-corrected chi connectivity index (χ0v) is 10.2. The fraction of sp³-hybridized carbons (Fsp3) is 1.00. The third-order valence-corrected chi connectivity index (χ3v) is 4.59. The SMILES string of the molecule is CC(C)N1C[C@H]2CCC[C@@]1(C(C)C)C2. The van der Waals surface area contributed by atoms with Gasteiger partial charge in [0, 0.05) is 18.1 Å². The first-order chi connectivity index (χ1) is 6.56. The van der Waals surface area contributed by atoms with Crippen LogP contribution in [0.15, 0.2) is 0 Å². The Morgan fingerprint density at radius 2 is 1.93 bits per heavy atom. The molecule has 1 heteroatoms. The number of hydrogen-bond acceptors (Lipinski definition) is 1. The van der Waals surface area contributed by atoms with Crippen LogP contribution in [0.5, 0.6) is 0 Å². The quantitative estimate of drug-likeness (QED) is 0.653. The molecular weight excluding hydrogens is 170 g/mol. The van der Waals surface area contributed by atoms with Gasteiger partial charge in [0.25, 0.3) is 0 Å². The van der Waals surface area contributed by atoms with Crippen LogP contribution in [0.2, 0.25) is 0 Å². The van der Waals surface area contributed by atoms with Crippen LogP contribution in [-0.2, 0) is 0 Å². The van der Waals surface area contributed by atoms with Crippen molar-refractivity contribution in [1.29, 1.82) is 0 Å². The average molecular weight is 195 g/mol. The molecule has 0 spiro atoms. The summed E-state index contributed by atoms with van der Waals surface area (Å²) in [5.74, 6) is 1.84. The Balaban J connectivity index is 2.25. The Morgan fingerprint density at radius 3 is 2.50 bits per heavy atom. The van der Waals surface area contributed by atoms with E-state index in [1.165, 1.54) is 32.2 Å². The zero-order valence-electron chi connectivity index (χ0n) is 10.2. The highest BCUT2D eigenvalue weighted by Crippen LogP contribution is 2.48. The lowest BCUT2D eigenvalue weighted by atomic mass is 9.73. The molecule has 0 aromatic carbocycles. The van der Waals surface area contributed by atoms with Crippen LogP contribution >= 0.6 is 0 Å². The monoisotopic (exact) mass is 195 g/mol. The molecule has 0 amide bonds. The van der Waals surface area contributed by atoms with Gasteiger partial charge in [0.05, 0.1) is 0 Å². The smallest absolute Gasteiger partial charge is 0.0238 e. The van der Waals surface area contributed by atoms with Gasteiger partial charge in [0.15, 0.2) is 0 Å². The highest BCUT2D eigenvalue weighted by Gasteiger charge is 2.50. The number of hydrogen-bond donors (Lipinski definition) is 0. The predicted molar refractivity (Wildman–Crippen MR) is 61.4 cm³/mol. The van der Waals surface area contributed by atoms with Crippen LogP contribution in [0.25, 0.3) is 0 Å². The van der Waals surface area contributed by atoms with Crippen LogP contribution < -0.4 is 0 Å². The minimum Gasteiger partial charge on any atom is -0.295 e. The van der Waals surface area contributed by atoms with Crippen molar-refractivity contribution in [3.63, 3.8) is 0 Å². The molecule has 2 aliphatic rings. The largest absolute Gasteiger partial charge is 0.295 e. The molecule has 0 unspecified atom stereocenters. The van der Waals surface area contributed by atoms with Crippen LogP contribution in [0.1, 0.15) is 53.4 Å². The number of rotatable bonds is 2. The summed E-state index contributed by atoms with van der Waals surface area (Å²) in [5, 5.41) is 0. The maximum Gasteiger partial charge on any atom is 0.0238 e. The predicted octanol–water partition coefficient (Wildman–Crippen LogP) is 3.30. The molecule has 1 aliphatic carbocycles. The first-order valence-corrected chi connectivity index (χ1v) is 6.33. The number of fused-ring (bicyclic) bond motifs is 2. The summed E-state index contributed by atoms with van der Waals surface area (Å²) >= 11 is 0. The van der Waals surface area contributed by atoms with Gasteiger partial charge < -0.3 is 0 Å². The van der Waals surface area contributed by atoms with Gasteiger partial charge in [-0.05, 0) is 44.9 Å². The van der Waals surface area contributed by atoms with Crippen molar-refractivity contribution in [2.75, 3.05) is 6.54 Å². The second-order valence-electron chi connectivity index (χ2n) is 5.97. The zero-order chi connectivity index (χ0) is 10.3. The van der Waals surface area contributed by atoms with E-state index in [0.29, 0.717) is 5.54 Å². The Bertz CT molecular complexity index is 209. The Morgan fingerprint density at radius 1 is 1.21 bits per heavy atom. The minimum atomic E-state index is 0.567. The molecule has 1 heterocycles. The van der Waals surface area contributed by atoms with Crippen LogP contribution in [0.4, 0.5) is 0 Å². The molecule has 2 fully saturated rings. The Kier molecular flexibility index (Phi) is 2.63. The average Bonchev–Trinajstić information content (AvgIpc) is 2.39. The van der Waals surface area contributed by atoms with E-state index in [1.54, 1.807) is 0 Å². The minimum absolute atomic E-state index is 0.567. The van der Waals surface area contributed by atoms with Crippen molar-refractivity contribution in [2.45, 2.75) is 65.0 Å². The van der Waals surface area contributed by atoms with E-state index in [2.05, 4.69) is 32.6 Å². The van der Waals surface area contributed by atoms with Crippen molar-refractivity contribution < 1.29 is 0 Å². The molecule has 1 aliphatic heterocycles. The lowest BCUT2D eigenvalue weighted by molar-refractivity contribution is 0.0476. The first kappa shape index (κ1) is 10.5. The van der Waals surface area contributed by atoms with E-state index in [-0.39, 0.29) is 0 Å². The van der Waals surface area contributed by atoms with E-state index in [4.69, 9.17) is 0 Å². The maximum absolute atomic E-state index is 2.80. The molecule has 0 N–H and O–H groups in total. The van der Waals surface area contributed by atoms with Crippen molar-refractivity contribution in [3.05, 3.63) is 0 Å². The van der Waals surface area contributed by atoms with Crippen molar-refractivity contribution in [3.8, 4) is 0 Å². The molecule has 2 bridgehead atoms. The summed E-state index contributed by atoms with van der Waals surface area (Å²) in [4.78, 5) is 2.80. The van der Waals surface area contributed by atoms with Crippen molar-refractivity contribution in [1.82, 2.24) is 4.90 Å². The normalized spacial score (nSPS) is 38.6. The van der Waals surface area contributed by atoms with E-state index < -0.39 is 0 Å². The van der Waals surface area contributed by atoms with Gasteiger partial charge in [-0.2, -0.15) is 0 Å². The fourth-order valence-corrected chi connectivity index (χ4v) is 3.86. The van der Waals surface area contributed by atoms with Gasteiger partial charge >= 0.3 is 0 Å².